The molecule has 0 unspecified atom stereocenters. The van der Waals surface area contributed by atoms with Gasteiger partial charge in [0.2, 0.25) is 0 Å². The Balaban J connectivity index is 2.47. The normalized spacial score (nSPS) is 11.4. The lowest BCUT2D eigenvalue weighted by Gasteiger charge is -2.08. The maximum atomic E-state index is 5.36. The lowest BCUT2D eigenvalue weighted by atomic mass is 9.99. The quantitative estimate of drug-likeness (QED) is 0.853. The van der Waals surface area contributed by atoms with Gasteiger partial charge in [-0.1, -0.05) is 20.8 Å². The minimum absolute atomic E-state index is 0.671. The van der Waals surface area contributed by atoms with E-state index in [4.69, 9.17) is 4.74 Å². The van der Waals surface area contributed by atoms with Gasteiger partial charge in [0.05, 0.1) is 7.11 Å². The third-order valence-corrected chi connectivity index (χ3v) is 4.44. The number of nitrogens with one attached hydrogen (secondary N) is 1. The molecule has 1 aromatic carbocycles. The van der Waals surface area contributed by atoms with Gasteiger partial charge in [0.1, 0.15) is 5.75 Å². The van der Waals surface area contributed by atoms with Crippen molar-refractivity contribution in [1.82, 2.24) is 5.32 Å². The van der Waals surface area contributed by atoms with Crippen molar-refractivity contribution in [2.45, 2.75) is 33.7 Å². The second-order valence-electron chi connectivity index (χ2n) is 5.24. The molecule has 0 amide bonds. The van der Waals surface area contributed by atoms with Crippen LogP contribution in [-0.4, -0.2) is 13.7 Å². The average Bonchev–Trinajstić information content (AvgIpc) is 2.73. The minimum atomic E-state index is 0.671. The van der Waals surface area contributed by atoms with Gasteiger partial charge in [0, 0.05) is 16.1 Å². The van der Waals surface area contributed by atoms with E-state index in [0.29, 0.717) is 5.92 Å². The lowest BCUT2D eigenvalue weighted by molar-refractivity contribution is 0.415. The van der Waals surface area contributed by atoms with Crippen molar-refractivity contribution in [2.75, 3.05) is 13.7 Å². The highest BCUT2D eigenvalue weighted by Crippen LogP contribution is 2.35. The molecule has 0 radical (unpaired) electrons. The number of methoxy groups -OCH3 is 1. The Hall–Kier alpha value is -1.06. The molecule has 2 aromatic rings. The second-order valence-corrected chi connectivity index (χ2v) is 6.38. The summed E-state index contributed by atoms with van der Waals surface area (Å²) in [6.07, 6.45) is 1.13. The van der Waals surface area contributed by atoms with Crippen molar-refractivity contribution < 1.29 is 4.74 Å². The van der Waals surface area contributed by atoms with Crippen LogP contribution in [0.3, 0.4) is 0 Å². The zero-order valence-electron chi connectivity index (χ0n) is 12.2. The summed E-state index contributed by atoms with van der Waals surface area (Å²) in [7, 11) is 1.73. The summed E-state index contributed by atoms with van der Waals surface area (Å²) >= 11 is 1.91. The molecular formula is C16H23NOS. The monoisotopic (exact) mass is 277 g/mol. The van der Waals surface area contributed by atoms with Crippen LogP contribution in [0, 0.1) is 5.92 Å². The van der Waals surface area contributed by atoms with Crippen molar-refractivity contribution >= 4 is 21.4 Å². The molecule has 0 spiro atoms. The summed E-state index contributed by atoms with van der Waals surface area (Å²) in [6, 6.07) is 6.41. The summed E-state index contributed by atoms with van der Waals surface area (Å²) in [4.78, 5) is 1.47. The summed E-state index contributed by atoms with van der Waals surface area (Å²) < 4.78 is 6.73. The molecule has 0 aliphatic carbocycles. The van der Waals surface area contributed by atoms with E-state index in [1.807, 2.05) is 11.3 Å². The van der Waals surface area contributed by atoms with Crippen molar-refractivity contribution in [1.29, 1.82) is 0 Å². The fourth-order valence-electron chi connectivity index (χ4n) is 2.32. The number of benzene rings is 1. The summed E-state index contributed by atoms with van der Waals surface area (Å²) in [5, 5.41) is 4.81. The molecule has 0 bridgehead atoms. The third kappa shape index (κ3) is 3.28. The molecular weight excluding hydrogens is 254 g/mol. The Bertz CT molecular complexity index is 545. The number of rotatable bonds is 6. The largest absolute Gasteiger partial charge is 0.497 e. The summed E-state index contributed by atoms with van der Waals surface area (Å²) in [5.41, 5.74) is 1.50. The van der Waals surface area contributed by atoms with Gasteiger partial charge in [-0.2, -0.15) is 0 Å². The summed E-state index contributed by atoms with van der Waals surface area (Å²) in [5.74, 6) is 1.62. The van der Waals surface area contributed by atoms with E-state index in [9.17, 15) is 0 Å². The van der Waals surface area contributed by atoms with E-state index in [1.54, 1.807) is 7.11 Å². The van der Waals surface area contributed by atoms with Gasteiger partial charge in [0.25, 0.3) is 0 Å². The zero-order valence-corrected chi connectivity index (χ0v) is 13.1. The van der Waals surface area contributed by atoms with E-state index < -0.39 is 0 Å². The van der Waals surface area contributed by atoms with Crippen LogP contribution >= 0.6 is 11.3 Å². The van der Waals surface area contributed by atoms with Crippen LogP contribution in [-0.2, 0) is 13.0 Å². The van der Waals surface area contributed by atoms with Crippen LogP contribution in [0.4, 0.5) is 0 Å². The molecule has 1 aromatic heterocycles. The highest BCUT2D eigenvalue weighted by molar-refractivity contribution is 7.19. The molecule has 104 valence electrons. The summed E-state index contributed by atoms with van der Waals surface area (Å²) in [6.45, 7) is 8.69. The maximum absolute atomic E-state index is 5.36. The first-order valence-corrected chi connectivity index (χ1v) is 7.76. The first-order valence-electron chi connectivity index (χ1n) is 6.94. The molecule has 0 fully saturated rings. The maximum Gasteiger partial charge on any atom is 0.119 e. The molecule has 0 atom stereocenters. The number of fused-ring (bicyclic) bond motifs is 1. The van der Waals surface area contributed by atoms with E-state index >= 15 is 0 Å². The van der Waals surface area contributed by atoms with Crippen LogP contribution in [0.25, 0.3) is 10.1 Å². The second kappa shape index (κ2) is 6.40. The van der Waals surface area contributed by atoms with Crippen molar-refractivity contribution in [3.05, 3.63) is 28.6 Å². The molecule has 3 heteroatoms. The standard InChI is InChI=1S/C16H23NOS/c1-5-17-10-16-13(8-11(2)3)14-9-12(18-4)6-7-15(14)19-16/h6-7,9,11,17H,5,8,10H2,1-4H3. The molecule has 1 heterocycles. The minimum Gasteiger partial charge on any atom is -0.497 e. The van der Waals surface area contributed by atoms with Gasteiger partial charge in [-0.3, -0.25) is 0 Å². The van der Waals surface area contributed by atoms with Crippen molar-refractivity contribution in [3.63, 3.8) is 0 Å². The zero-order chi connectivity index (χ0) is 13.8. The third-order valence-electron chi connectivity index (χ3n) is 3.23. The number of ether oxygens (including phenoxy) is 1. The van der Waals surface area contributed by atoms with Gasteiger partial charge in [-0.05, 0) is 48.0 Å². The first kappa shape index (κ1) is 14.4. The fourth-order valence-corrected chi connectivity index (χ4v) is 3.50. The molecule has 0 saturated carbocycles. The van der Waals surface area contributed by atoms with Crippen LogP contribution in [0.15, 0.2) is 18.2 Å². The predicted molar refractivity (Wildman–Crippen MR) is 84.3 cm³/mol. The molecule has 2 nitrogen and oxygen atoms in total. The Morgan fingerprint density at radius 1 is 1.32 bits per heavy atom. The van der Waals surface area contributed by atoms with Gasteiger partial charge in [0.15, 0.2) is 0 Å². The van der Waals surface area contributed by atoms with Gasteiger partial charge in [-0.25, -0.2) is 0 Å². The Labute approximate surface area is 119 Å². The highest BCUT2D eigenvalue weighted by Gasteiger charge is 2.13. The van der Waals surface area contributed by atoms with Gasteiger partial charge in [-0.15, -0.1) is 11.3 Å². The predicted octanol–water partition coefficient (Wildman–Crippen LogP) is 4.22. The highest BCUT2D eigenvalue weighted by atomic mass is 32.1. The van der Waals surface area contributed by atoms with E-state index in [-0.39, 0.29) is 0 Å². The Morgan fingerprint density at radius 3 is 2.74 bits per heavy atom. The smallest absolute Gasteiger partial charge is 0.119 e. The number of hydrogen-bond acceptors (Lipinski definition) is 3. The van der Waals surface area contributed by atoms with Crippen molar-refractivity contribution in [2.24, 2.45) is 5.92 Å². The van der Waals surface area contributed by atoms with Crippen LogP contribution < -0.4 is 10.1 Å². The topological polar surface area (TPSA) is 21.3 Å². The van der Waals surface area contributed by atoms with E-state index in [0.717, 1.165) is 25.3 Å². The van der Waals surface area contributed by atoms with Crippen LogP contribution in [0.1, 0.15) is 31.2 Å². The Kier molecular flexibility index (Phi) is 4.83. The van der Waals surface area contributed by atoms with Gasteiger partial charge < -0.3 is 10.1 Å². The molecule has 19 heavy (non-hydrogen) atoms. The van der Waals surface area contributed by atoms with E-state index in [2.05, 4.69) is 44.3 Å². The number of thiophene rings is 1. The van der Waals surface area contributed by atoms with Crippen molar-refractivity contribution in [3.8, 4) is 5.75 Å². The number of hydrogen-bond donors (Lipinski definition) is 1. The van der Waals surface area contributed by atoms with Gasteiger partial charge >= 0.3 is 0 Å². The lowest BCUT2D eigenvalue weighted by Crippen LogP contribution is -2.12. The fraction of sp³-hybridized carbons (Fsp3) is 0.500. The van der Waals surface area contributed by atoms with Crippen LogP contribution in [0.2, 0.25) is 0 Å². The Morgan fingerprint density at radius 2 is 2.11 bits per heavy atom. The molecule has 0 aliphatic heterocycles. The molecule has 2 rings (SSSR count). The molecule has 1 N–H and O–H groups in total. The average molecular weight is 277 g/mol. The van der Waals surface area contributed by atoms with Crippen LogP contribution in [0.5, 0.6) is 5.75 Å². The first-order chi connectivity index (χ1) is 9.15. The molecule has 0 aliphatic rings. The van der Waals surface area contributed by atoms with E-state index in [1.165, 1.54) is 20.5 Å². The SMILES string of the molecule is CCNCc1sc2ccc(OC)cc2c1CC(C)C. The molecule has 0 saturated heterocycles.